The Bertz CT molecular complexity index is 730. The molecule has 0 radical (unpaired) electrons. The summed E-state index contributed by atoms with van der Waals surface area (Å²) < 4.78 is 16.1. The standard InChI is InChI=1S/C20H28FN5/c1-24-19(15-25-10-4-5-11-25)22-23-20(24)16-8-12-26(13-9-16)14-17-6-2-3-7-18(17)21/h2-3,6-7,16H,4-5,8-15H2,1H3. The van der Waals surface area contributed by atoms with Crippen LogP contribution in [0.4, 0.5) is 4.39 Å². The SMILES string of the molecule is Cn1c(CN2CCCC2)nnc1C1CCN(Cc2ccccc2F)CC1. The van der Waals surface area contributed by atoms with Crippen LogP contribution in [0.2, 0.25) is 0 Å². The molecule has 5 nitrogen and oxygen atoms in total. The fraction of sp³-hybridized carbons (Fsp3) is 0.600. The molecule has 26 heavy (non-hydrogen) atoms. The van der Waals surface area contributed by atoms with Crippen LogP contribution in [-0.2, 0) is 20.1 Å². The van der Waals surface area contributed by atoms with Crippen molar-refractivity contribution in [2.24, 2.45) is 7.05 Å². The van der Waals surface area contributed by atoms with Crippen molar-refractivity contribution in [2.45, 2.75) is 44.7 Å². The van der Waals surface area contributed by atoms with Crippen LogP contribution >= 0.6 is 0 Å². The van der Waals surface area contributed by atoms with Crippen LogP contribution in [0.25, 0.3) is 0 Å². The van der Waals surface area contributed by atoms with Gasteiger partial charge in [0.05, 0.1) is 6.54 Å². The summed E-state index contributed by atoms with van der Waals surface area (Å²) in [5.41, 5.74) is 0.789. The van der Waals surface area contributed by atoms with Crippen LogP contribution in [0.3, 0.4) is 0 Å². The summed E-state index contributed by atoms with van der Waals surface area (Å²) in [6.45, 7) is 5.92. The van der Waals surface area contributed by atoms with E-state index in [0.29, 0.717) is 12.5 Å². The van der Waals surface area contributed by atoms with Crippen molar-refractivity contribution in [3.8, 4) is 0 Å². The molecular formula is C20H28FN5. The summed E-state index contributed by atoms with van der Waals surface area (Å²) in [5.74, 6) is 2.55. The Morgan fingerprint density at radius 1 is 0.962 bits per heavy atom. The zero-order valence-corrected chi connectivity index (χ0v) is 15.6. The Morgan fingerprint density at radius 3 is 2.38 bits per heavy atom. The molecule has 4 rings (SSSR count). The van der Waals surface area contributed by atoms with Crippen molar-refractivity contribution in [1.82, 2.24) is 24.6 Å². The minimum Gasteiger partial charge on any atom is -0.317 e. The Kier molecular flexibility index (Phi) is 5.31. The highest BCUT2D eigenvalue weighted by Gasteiger charge is 2.26. The predicted molar refractivity (Wildman–Crippen MR) is 99.2 cm³/mol. The van der Waals surface area contributed by atoms with Gasteiger partial charge in [-0.05, 0) is 57.9 Å². The summed E-state index contributed by atoms with van der Waals surface area (Å²) in [4.78, 5) is 4.81. The number of rotatable bonds is 5. The lowest BCUT2D eigenvalue weighted by Crippen LogP contribution is -2.33. The number of aromatic nitrogens is 3. The van der Waals surface area contributed by atoms with E-state index >= 15 is 0 Å². The Labute approximate surface area is 154 Å². The number of hydrogen-bond donors (Lipinski definition) is 0. The van der Waals surface area contributed by atoms with E-state index in [4.69, 9.17) is 0 Å². The van der Waals surface area contributed by atoms with Crippen molar-refractivity contribution in [3.63, 3.8) is 0 Å². The van der Waals surface area contributed by atoms with Crippen molar-refractivity contribution >= 4 is 0 Å². The Hall–Kier alpha value is -1.79. The van der Waals surface area contributed by atoms with Gasteiger partial charge in [-0.15, -0.1) is 10.2 Å². The highest BCUT2D eigenvalue weighted by atomic mass is 19.1. The van der Waals surface area contributed by atoms with Gasteiger partial charge in [-0.2, -0.15) is 0 Å². The van der Waals surface area contributed by atoms with E-state index in [-0.39, 0.29) is 5.82 Å². The minimum atomic E-state index is -0.102. The van der Waals surface area contributed by atoms with Crippen molar-refractivity contribution in [1.29, 1.82) is 0 Å². The van der Waals surface area contributed by atoms with Gasteiger partial charge < -0.3 is 4.57 Å². The maximum atomic E-state index is 13.9. The minimum absolute atomic E-state index is 0.102. The van der Waals surface area contributed by atoms with Gasteiger partial charge in [0.1, 0.15) is 17.5 Å². The molecule has 0 aliphatic carbocycles. The second-order valence-corrected chi connectivity index (χ2v) is 7.66. The summed E-state index contributed by atoms with van der Waals surface area (Å²) in [6.07, 6.45) is 4.71. The maximum Gasteiger partial charge on any atom is 0.146 e. The first kappa shape index (κ1) is 17.6. The van der Waals surface area contributed by atoms with Crippen molar-refractivity contribution in [2.75, 3.05) is 26.2 Å². The molecule has 0 unspecified atom stereocenters. The number of halogens is 1. The monoisotopic (exact) mass is 357 g/mol. The molecule has 3 heterocycles. The Balaban J connectivity index is 1.34. The first-order valence-corrected chi connectivity index (χ1v) is 9.77. The van der Waals surface area contributed by atoms with Crippen LogP contribution < -0.4 is 0 Å². The third-order valence-electron chi connectivity index (χ3n) is 5.87. The van der Waals surface area contributed by atoms with Gasteiger partial charge in [-0.1, -0.05) is 18.2 Å². The van der Waals surface area contributed by atoms with Gasteiger partial charge >= 0.3 is 0 Å². The zero-order valence-electron chi connectivity index (χ0n) is 15.6. The molecule has 0 atom stereocenters. The number of benzene rings is 1. The topological polar surface area (TPSA) is 37.2 Å². The second kappa shape index (κ2) is 7.84. The molecule has 0 N–H and O–H groups in total. The smallest absolute Gasteiger partial charge is 0.146 e. The zero-order chi connectivity index (χ0) is 17.9. The second-order valence-electron chi connectivity index (χ2n) is 7.66. The van der Waals surface area contributed by atoms with Crippen molar-refractivity contribution in [3.05, 3.63) is 47.3 Å². The molecule has 1 aromatic heterocycles. The molecule has 0 saturated carbocycles. The molecular weight excluding hydrogens is 329 g/mol. The highest BCUT2D eigenvalue weighted by Crippen LogP contribution is 2.28. The van der Waals surface area contributed by atoms with Crippen LogP contribution in [0.5, 0.6) is 0 Å². The molecule has 140 valence electrons. The molecule has 2 saturated heterocycles. The summed E-state index contributed by atoms with van der Waals surface area (Å²) in [7, 11) is 2.10. The summed E-state index contributed by atoms with van der Waals surface area (Å²) in [5, 5.41) is 8.97. The van der Waals surface area contributed by atoms with Crippen molar-refractivity contribution < 1.29 is 4.39 Å². The largest absolute Gasteiger partial charge is 0.317 e. The summed E-state index contributed by atoms with van der Waals surface area (Å²) in [6, 6.07) is 7.09. The van der Waals surface area contributed by atoms with E-state index in [1.165, 1.54) is 25.9 Å². The van der Waals surface area contributed by atoms with Gasteiger partial charge in [-0.25, -0.2) is 4.39 Å². The third kappa shape index (κ3) is 3.81. The maximum absolute atomic E-state index is 13.9. The normalized spacial score (nSPS) is 20.1. The first-order chi connectivity index (χ1) is 12.7. The third-order valence-corrected chi connectivity index (χ3v) is 5.87. The van der Waals surface area contributed by atoms with E-state index in [9.17, 15) is 4.39 Å². The van der Waals surface area contributed by atoms with E-state index in [1.54, 1.807) is 12.1 Å². The lowest BCUT2D eigenvalue weighted by Gasteiger charge is -2.31. The van der Waals surface area contributed by atoms with Gasteiger partial charge in [0.25, 0.3) is 0 Å². The summed E-state index contributed by atoms with van der Waals surface area (Å²) >= 11 is 0. The molecule has 6 heteroatoms. The molecule has 0 amide bonds. The fourth-order valence-corrected chi connectivity index (χ4v) is 4.23. The number of likely N-dealkylation sites (tertiary alicyclic amines) is 2. The van der Waals surface area contributed by atoms with E-state index < -0.39 is 0 Å². The van der Waals surface area contributed by atoms with Gasteiger partial charge in [-0.3, -0.25) is 9.80 Å². The first-order valence-electron chi connectivity index (χ1n) is 9.77. The molecule has 2 aliphatic rings. The lowest BCUT2D eigenvalue weighted by atomic mass is 9.95. The van der Waals surface area contributed by atoms with Gasteiger partial charge in [0, 0.05) is 25.1 Å². The van der Waals surface area contributed by atoms with Crippen LogP contribution in [0.1, 0.15) is 48.8 Å². The highest BCUT2D eigenvalue weighted by molar-refractivity contribution is 5.17. The molecule has 2 aliphatic heterocycles. The van der Waals surface area contributed by atoms with Gasteiger partial charge in [0.15, 0.2) is 0 Å². The Morgan fingerprint density at radius 2 is 1.65 bits per heavy atom. The van der Waals surface area contributed by atoms with Crippen LogP contribution in [0, 0.1) is 5.82 Å². The molecule has 1 aromatic carbocycles. The van der Waals surface area contributed by atoms with E-state index in [2.05, 4.69) is 31.6 Å². The molecule has 2 fully saturated rings. The number of piperidine rings is 1. The number of nitrogens with zero attached hydrogens (tertiary/aromatic N) is 5. The average Bonchev–Trinajstić information content (AvgIpc) is 3.29. The lowest BCUT2D eigenvalue weighted by molar-refractivity contribution is 0.198. The van der Waals surface area contributed by atoms with Gasteiger partial charge in [0.2, 0.25) is 0 Å². The van der Waals surface area contributed by atoms with E-state index in [1.807, 2.05) is 12.1 Å². The number of hydrogen-bond acceptors (Lipinski definition) is 4. The molecule has 2 aromatic rings. The van der Waals surface area contributed by atoms with Crippen LogP contribution in [0.15, 0.2) is 24.3 Å². The fourth-order valence-electron chi connectivity index (χ4n) is 4.23. The molecule has 0 bridgehead atoms. The van der Waals surface area contributed by atoms with E-state index in [0.717, 1.165) is 49.7 Å². The quantitative estimate of drug-likeness (QED) is 0.825. The average molecular weight is 357 g/mol. The predicted octanol–water partition coefficient (Wildman–Crippen LogP) is 2.93. The molecule has 0 spiro atoms. The van der Waals surface area contributed by atoms with Crippen LogP contribution in [-0.4, -0.2) is 50.7 Å².